The van der Waals surface area contributed by atoms with Gasteiger partial charge in [0.25, 0.3) is 0 Å². The van der Waals surface area contributed by atoms with Crippen LogP contribution in [0.3, 0.4) is 0 Å². The molecule has 0 radical (unpaired) electrons. The minimum atomic E-state index is -0.625. The molecule has 22 heavy (non-hydrogen) atoms. The van der Waals surface area contributed by atoms with Crippen LogP contribution in [0.5, 0.6) is 0 Å². The van der Waals surface area contributed by atoms with Gasteiger partial charge in [-0.1, -0.05) is 6.58 Å². The SMILES string of the molecule is C=C(C)C(=O)OC12CC3CC(OC)(C1)CC(C(=O)OC)(C3)C2. The molecule has 0 amide bonds. The zero-order valence-electron chi connectivity index (χ0n) is 13.6. The highest BCUT2D eigenvalue weighted by Crippen LogP contribution is 2.65. The van der Waals surface area contributed by atoms with Gasteiger partial charge < -0.3 is 14.2 Å². The summed E-state index contributed by atoms with van der Waals surface area (Å²) in [6.07, 6.45) is 4.38. The molecule has 122 valence electrons. The molecule has 4 bridgehead atoms. The van der Waals surface area contributed by atoms with E-state index in [0.717, 1.165) is 19.3 Å². The van der Waals surface area contributed by atoms with Gasteiger partial charge in [-0.3, -0.25) is 4.79 Å². The molecule has 0 aromatic carbocycles. The Kier molecular flexibility index (Phi) is 3.40. The van der Waals surface area contributed by atoms with Crippen molar-refractivity contribution in [3.63, 3.8) is 0 Å². The van der Waals surface area contributed by atoms with E-state index in [1.165, 1.54) is 7.11 Å². The molecule has 0 N–H and O–H groups in total. The molecule has 4 rings (SSSR count). The topological polar surface area (TPSA) is 61.8 Å². The Morgan fingerprint density at radius 3 is 2.27 bits per heavy atom. The monoisotopic (exact) mass is 308 g/mol. The summed E-state index contributed by atoms with van der Waals surface area (Å²) < 4.78 is 16.7. The highest BCUT2D eigenvalue weighted by Gasteiger charge is 2.68. The van der Waals surface area contributed by atoms with Gasteiger partial charge in [-0.25, -0.2) is 4.79 Å². The van der Waals surface area contributed by atoms with Crippen LogP contribution in [0.4, 0.5) is 0 Å². The highest BCUT2D eigenvalue weighted by molar-refractivity contribution is 5.87. The number of carbonyl (C=O) groups is 2. The third kappa shape index (κ3) is 2.18. The van der Waals surface area contributed by atoms with Gasteiger partial charge in [0.1, 0.15) is 5.60 Å². The molecular weight excluding hydrogens is 284 g/mol. The van der Waals surface area contributed by atoms with E-state index in [9.17, 15) is 9.59 Å². The molecule has 4 saturated carbocycles. The fourth-order valence-corrected chi connectivity index (χ4v) is 5.33. The van der Waals surface area contributed by atoms with Gasteiger partial charge in [0, 0.05) is 25.5 Å². The van der Waals surface area contributed by atoms with Crippen molar-refractivity contribution in [2.24, 2.45) is 11.3 Å². The molecule has 4 unspecified atom stereocenters. The lowest BCUT2D eigenvalue weighted by Crippen LogP contribution is -2.66. The number of methoxy groups -OCH3 is 2. The van der Waals surface area contributed by atoms with E-state index in [1.807, 2.05) is 0 Å². The molecule has 0 saturated heterocycles. The first-order valence-electron chi connectivity index (χ1n) is 7.80. The second-order valence-electron chi connectivity index (χ2n) is 7.52. The minimum absolute atomic E-state index is 0.200. The van der Waals surface area contributed by atoms with Gasteiger partial charge in [0.2, 0.25) is 0 Å². The van der Waals surface area contributed by atoms with Gasteiger partial charge in [-0.2, -0.15) is 0 Å². The van der Waals surface area contributed by atoms with Crippen molar-refractivity contribution in [1.82, 2.24) is 0 Å². The van der Waals surface area contributed by atoms with Crippen LogP contribution in [0, 0.1) is 11.3 Å². The summed E-state index contributed by atoms with van der Waals surface area (Å²) >= 11 is 0. The van der Waals surface area contributed by atoms with E-state index in [0.29, 0.717) is 30.8 Å². The van der Waals surface area contributed by atoms with E-state index in [-0.39, 0.29) is 17.5 Å². The number of esters is 2. The second kappa shape index (κ2) is 4.82. The van der Waals surface area contributed by atoms with E-state index in [4.69, 9.17) is 14.2 Å². The Balaban J connectivity index is 1.97. The van der Waals surface area contributed by atoms with Crippen LogP contribution in [0.25, 0.3) is 0 Å². The zero-order chi connectivity index (χ0) is 16.2. The molecule has 4 atom stereocenters. The molecule has 4 fully saturated rings. The predicted molar refractivity (Wildman–Crippen MR) is 79.0 cm³/mol. The molecular formula is C17H24O5. The first-order valence-corrected chi connectivity index (χ1v) is 7.80. The van der Waals surface area contributed by atoms with Crippen LogP contribution in [0.2, 0.25) is 0 Å². The molecule has 5 heteroatoms. The number of hydrogen-bond donors (Lipinski definition) is 0. The molecule has 0 heterocycles. The first kappa shape index (κ1) is 15.5. The minimum Gasteiger partial charge on any atom is -0.469 e. The first-order chi connectivity index (χ1) is 10.3. The summed E-state index contributed by atoms with van der Waals surface area (Å²) in [6.45, 7) is 5.31. The van der Waals surface area contributed by atoms with E-state index in [2.05, 4.69) is 6.58 Å². The summed E-state index contributed by atoms with van der Waals surface area (Å²) in [7, 11) is 3.11. The lowest BCUT2D eigenvalue weighted by molar-refractivity contribution is -0.251. The fourth-order valence-electron chi connectivity index (χ4n) is 5.33. The van der Waals surface area contributed by atoms with Crippen molar-refractivity contribution in [1.29, 1.82) is 0 Å². The molecule has 0 spiro atoms. The van der Waals surface area contributed by atoms with Crippen molar-refractivity contribution in [2.75, 3.05) is 14.2 Å². The molecule has 5 nitrogen and oxygen atoms in total. The fraction of sp³-hybridized carbons (Fsp3) is 0.765. The zero-order valence-corrected chi connectivity index (χ0v) is 13.6. The maximum Gasteiger partial charge on any atom is 0.333 e. The highest BCUT2D eigenvalue weighted by atomic mass is 16.6. The Morgan fingerprint density at radius 1 is 1.05 bits per heavy atom. The van der Waals surface area contributed by atoms with Crippen LogP contribution in [0.15, 0.2) is 12.2 Å². The summed E-state index contributed by atoms with van der Waals surface area (Å²) in [5.41, 5.74) is -1.21. The van der Waals surface area contributed by atoms with E-state index < -0.39 is 11.0 Å². The largest absolute Gasteiger partial charge is 0.469 e. The average Bonchev–Trinajstić information content (AvgIpc) is 2.44. The lowest BCUT2D eigenvalue weighted by Gasteiger charge is -2.63. The van der Waals surface area contributed by atoms with Crippen LogP contribution in [0.1, 0.15) is 45.4 Å². The molecule has 0 aromatic rings. The third-order valence-corrected chi connectivity index (χ3v) is 5.68. The van der Waals surface area contributed by atoms with Gasteiger partial charge in [-0.15, -0.1) is 0 Å². The van der Waals surface area contributed by atoms with Gasteiger partial charge >= 0.3 is 11.9 Å². The molecule has 0 aromatic heterocycles. The van der Waals surface area contributed by atoms with Crippen LogP contribution in [-0.2, 0) is 23.8 Å². The maximum absolute atomic E-state index is 12.4. The summed E-state index contributed by atoms with van der Waals surface area (Å²) in [6, 6.07) is 0. The van der Waals surface area contributed by atoms with Gasteiger partial charge in [-0.05, 0) is 38.5 Å². The number of carbonyl (C=O) groups excluding carboxylic acids is 2. The van der Waals surface area contributed by atoms with Crippen molar-refractivity contribution >= 4 is 11.9 Å². The average molecular weight is 308 g/mol. The van der Waals surface area contributed by atoms with Crippen molar-refractivity contribution in [3.05, 3.63) is 12.2 Å². The second-order valence-corrected chi connectivity index (χ2v) is 7.52. The number of rotatable bonds is 4. The Labute approximate surface area is 131 Å². The Bertz CT molecular complexity index is 541. The Morgan fingerprint density at radius 2 is 1.68 bits per heavy atom. The van der Waals surface area contributed by atoms with Crippen molar-refractivity contribution in [2.45, 2.75) is 56.7 Å². The van der Waals surface area contributed by atoms with E-state index in [1.54, 1.807) is 14.0 Å². The van der Waals surface area contributed by atoms with Crippen molar-refractivity contribution < 1.29 is 23.8 Å². The molecule has 4 aliphatic rings. The van der Waals surface area contributed by atoms with Gasteiger partial charge in [0.05, 0.1) is 18.1 Å². The summed E-state index contributed by atoms with van der Waals surface area (Å²) in [4.78, 5) is 24.5. The lowest BCUT2D eigenvalue weighted by atomic mass is 9.46. The molecule has 0 aliphatic heterocycles. The predicted octanol–water partition coefficient (Wildman–Crippen LogP) is 2.39. The van der Waals surface area contributed by atoms with E-state index >= 15 is 0 Å². The Hall–Kier alpha value is -1.36. The number of hydrogen-bond acceptors (Lipinski definition) is 5. The normalized spacial score (nSPS) is 42.0. The standard InChI is InChI=1S/C17H24O5/c1-11(2)13(18)22-17-7-12-5-15(9-17,14(19)20-3)8-16(6-12,10-17)21-4/h12H,1,5-10H2,2-4H3. The number of ether oxygens (including phenoxy) is 3. The summed E-state index contributed by atoms with van der Waals surface area (Å²) in [5.74, 6) is -0.254. The quantitative estimate of drug-likeness (QED) is 0.589. The van der Waals surface area contributed by atoms with Crippen LogP contribution >= 0.6 is 0 Å². The van der Waals surface area contributed by atoms with Crippen molar-refractivity contribution in [3.8, 4) is 0 Å². The third-order valence-electron chi connectivity index (χ3n) is 5.68. The summed E-state index contributed by atoms with van der Waals surface area (Å²) in [5, 5.41) is 0. The van der Waals surface area contributed by atoms with Crippen LogP contribution < -0.4 is 0 Å². The van der Waals surface area contributed by atoms with Gasteiger partial charge in [0.15, 0.2) is 0 Å². The maximum atomic E-state index is 12.4. The smallest absolute Gasteiger partial charge is 0.333 e. The van der Waals surface area contributed by atoms with Crippen LogP contribution in [-0.4, -0.2) is 37.4 Å². The molecule has 4 aliphatic carbocycles.